The van der Waals surface area contributed by atoms with Gasteiger partial charge in [0.25, 0.3) is 4.21 Å². The van der Waals surface area contributed by atoms with Crippen molar-refractivity contribution in [1.82, 2.24) is 34.5 Å². The number of aryl methyl sites for hydroxylation is 1. The van der Waals surface area contributed by atoms with Gasteiger partial charge >= 0.3 is 5.69 Å². The van der Waals surface area contributed by atoms with Crippen LogP contribution in [0.1, 0.15) is 63.5 Å². The van der Waals surface area contributed by atoms with E-state index >= 15 is 0 Å². The number of pyridine rings is 1. The average molecular weight is 1020 g/mol. The second kappa shape index (κ2) is 23.2. The lowest BCUT2D eigenvalue weighted by molar-refractivity contribution is -0.385. The van der Waals surface area contributed by atoms with Crippen LogP contribution in [0.3, 0.4) is 0 Å². The molecule has 0 radical (unpaired) electrons. The highest BCUT2D eigenvalue weighted by Gasteiger charge is 2.36. The van der Waals surface area contributed by atoms with E-state index in [4.69, 9.17) is 55.5 Å². The highest BCUT2D eigenvalue weighted by molar-refractivity contribution is 8.01. The van der Waals surface area contributed by atoms with Gasteiger partial charge in [0.2, 0.25) is 5.91 Å². The number of imidazole rings is 1. The van der Waals surface area contributed by atoms with Gasteiger partial charge in [-0.15, -0.1) is 23.1 Å². The van der Waals surface area contributed by atoms with Crippen LogP contribution in [0.2, 0.25) is 5.02 Å². The van der Waals surface area contributed by atoms with Crippen molar-refractivity contribution < 1.29 is 33.2 Å². The Kier molecular flexibility index (Phi) is 17.2. The second-order valence-electron chi connectivity index (χ2n) is 15.2. The van der Waals surface area contributed by atoms with Crippen molar-refractivity contribution in [2.24, 2.45) is 7.05 Å². The number of carbonyl (C=O) groups excluding carboxylic acids is 1. The summed E-state index contributed by atoms with van der Waals surface area (Å²) in [5.74, 6) is 2.22. The number of benzene rings is 1. The number of unbranched alkanes of at least 4 members (excludes halogenated alkanes) is 2. The minimum absolute atomic E-state index is 0.0341. The Hall–Kier alpha value is -5.51. The van der Waals surface area contributed by atoms with E-state index in [1.54, 1.807) is 61.0 Å². The number of carbonyl (C=O) groups is 1. The van der Waals surface area contributed by atoms with Gasteiger partial charge in [-0.3, -0.25) is 14.9 Å². The highest BCUT2D eigenvalue weighted by atomic mass is 35.5. The highest BCUT2D eigenvalue weighted by Crippen LogP contribution is 2.49. The number of anilines is 1. The van der Waals surface area contributed by atoms with E-state index in [9.17, 15) is 24.7 Å². The summed E-state index contributed by atoms with van der Waals surface area (Å²) in [6.07, 6.45) is 6.94. The Bertz CT molecular complexity index is 2980. The smallest absolute Gasteiger partial charge is 0.346 e. The number of halogens is 1. The Labute approximate surface area is 412 Å². The molecule has 18 nitrogen and oxygen atoms in total. The fraction of sp³-hybridized carbons (Fsp3) is 0.378. The van der Waals surface area contributed by atoms with Crippen molar-refractivity contribution >= 4 is 94.8 Å². The van der Waals surface area contributed by atoms with E-state index in [1.165, 1.54) is 18.3 Å². The van der Waals surface area contributed by atoms with Gasteiger partial charge in [0, 0.05) is 75.2 Å². The summed E-state index contributed by atoms with van der Waals surface area (Å²) >= 11 is 9.08. The molecule has 0 spiro atoms. The molecule has 356 valence electrons. The zero-order chi connectivity index (χ0) is 48.5. The predicted molar refractivity (Wildman–Crippen MR) is 266 cm³/mol. The van der Waals surface area contributed by atoms with E-state index in [0.29, 0.717) is 75.4 Å². The number of fused-ring (bicyclic) bond motifs is 2. The van der Waals surface area contributed by atoms with E-state index in [-0.39, 0.29) is 79.5 Å². The van der Waals surface area contributed by atoms with Crippen LogP contribution < -0.4 is 14.8 Å². The number of nitrogens with one attached hydrogen (secondary N) is 1. The van der Waals surface area contributed by atoms with Crippen molar-refractivity contribution in [1.29, 1.82) is 5.26 Å². The van der Waals surface area contributed by atoms with E-state index in [2.05, 4.69) is 23.3 Å². The van der Waals surface area contributed by atoms with Gasteiger partial charge in [-0.05, 0) is 36.8 Å². The summed E-state index contributed by atoms with van der Waals surface area (Å²) in [7, 11) is 4.93. The van der Waals surface area contributed by atoms with Gasteiger partial charge in [-0.1, -0.05) is 49.6 Å². The number of hydrogen-bond donors (Lipinski definition) is 1. The van der Waals surface area contributed by atoms with Gasteiger partial charge in [0.1, 0.15) is 52.4 Å². The first-order chi connectivity index (χ1) is 32.9. The molecule has 6 aromatic heterocycles. The van der Waals surface area contributed by atoms with E-state index in [0.717, 1.165) is 40.6 Å². The predicted octanol–water partition coefficient (Wildman–Crippen LogP) is 9.66. The number of nitriles is 1. The molecule has 1 amide bonds. The third-order valence-corrected chi connectivity index (χ3v) is 16.1. The SMILES string of the molecule is CCCCSc1sc2c(Cl)c(C#N)nc(-c3nc(Cc4ccnc(-c5nc(-c6cc(OCCOC)cc(OCCOC)c6)c6c([N+](=O)[O-])c([S+]([O-])CCCC)sc6n5)n4)cn3C)c2c1NC(C)=O. The lowest BCUT2D eigenvalue weighted by atomic mass is 10.1. The monoisotopic (exact) mass is 1020 g/mol. The molecule has 1 N–H and O–H groups in total. The number of nitrogens with zero attached hydrogens (tertiary/aromatic N) is 9. The second-order valence-corrected chi connectivity index (χ2v) is 20.7. The van der Waals surface area contributed by atoms with E-state index in [1.807, 2.05) is 20.2 Å². The minimum Gasteiger partial charge on any atom is -0.611 e. The zero-order valence-electron chi connectivity index (χ0n) is 38.0. The molecule has 7 aromatic rings. The molecule has 1 unspecified atom stereocenters. The number of thiophene rings is 2. The maximum Gasteiger partial charge on any atom is 0.346 e. The number of rotatable bonds is 23. The van der Waals surface area contributed by atoms with Crippen LogP contribution in [0.4, 0.5) is 11.4 Å². The molecule has 0 aliphatic heterocycles. The molecular weight excluding hydrogens is 972 g/mol. The topological polar surface area (TPSA) is 238 Å². The third-order valence-electron chi connectivity index (χ3n) is 10.1. The number of hydrogen-bond acceptors (Lipinski definition) is 18. The summed E-state index contributed by atoms with van der Waals surface area (Å²) in [5.41, 5.74) is 2.38. The fourth-order valence-corrected chi connectivity index (χ4v) is 12.7. The molecular formula is C45H47ClN10O8S4. The number of nitro groups is 1. The molecule has 1 aromatic carbocycles. The van der Waals surface area contributed by atoms with Crippen LogP contribution in [0, 0.1) is 21.4 Å². The summed E-state index contributed by atoms with van der Waals surface area (Å²) in [5, 5.41) is 26.9. The largest absolute Gasteiger partial charge is 0.611 e. The number of thioether (sulfide) groups is 1. The van der Waals surface area contributed by atoms with Crippen molar-refractivity contribution in [3.05, 3.63) is 68.9 Å². The van der Waals surface area contributed by atoms with Crippen molar-refractivity contribution in [2.45, 2.75) is 61.3 Å². The summed E-state index contributed by atoms with van der Waals surface area (Å²) < 4.78 is 39.4. The molecule has 68 heavy (non-hydrogen) atoms. The third kappa shape index (κ3) is 11.3. The minimum atomic E-state index is -1.69. The van der Waals surface area contributed by atoms with Gasteiger partial charge in [0.05, 0.1) is 54.8 Å². The van der Waals surface area contributed by atoms with Crippen LogP contribution >= 0.6 is 46.0 Å². The van der Waals surface area contributed by atoms with Crippen molar-refractivity contribution in [3.63, 3.8) is 0 Å². The zero-order valence-corrected chi connectivity index (χ0v) is 42.1. The molecule has 0 aliphatic carbocycles. The first-order valence-electron chi connectivity index (χ1n) is 21.5. The maximum atomic E-state index is 13.7. The maximum absolute atomic E-state index is 13.7. The number of ether oxygens (including phenoxy) is 4. The van der Waals surface area contributed by atoms with Crippen LogP contribution in [0.15, 0.2) is 45.1 Å². The van der Waals surface area contributed by atoms with Crippen LogP contribution in [0.25, 0.3) is 54.7 Å². The standard InChI is InChI=1S/C45H47ClN10O8S4/c1-7-9-17-65-44-37(49-25(3)57)32-36(52-31(23-47)34(46)39(32)66-44)42-51-28(24-55(42)4)21-27-11-12-48-40(50-27)41-53-35(26-19-29(63-15-13-61-5)22-30(20-26)64-16-14-62-6)33-38(56(58)59)45(67-43(33)54-41)68(60)18-10-8-2/h11-12,19-20,22,24H,7-10,13-18,21H2,1-6H3,(H,49,57). The van der Waals surface area contributed by atoms with Gasteiger partial charge in [-0.2, -0.15) is 5.26 Å². The number of amides is 1. The first kappa shape index (κ1) is 50.4. The quantitative estimate of drug-likeness (QED) is 0.0206. The lowest BCUT2D eigenvalue weighted by Crippen LogP contribution is -2.07. The van der Waals surface area contributed by atoms with Crippen LogP contribution in [0.5, 0.6) is 11.5 Å². The Balaban J connectivity index is 1.33. The molecule has 0 bridgehead atoms. The van der Waals surface area contributed by atoms with Gasteiger partial charge in [-0.25, -0.2) is 29.9 Å². The van der Waals surface area contributed by atoms with Crippen molar-refractivity contribution in [2.75, 3.05) is 57.5 Å². The Morgan fingerprint density at radius 1 is 0.956 bits per heavy atom. The fourth-order valence-electron chi connectivity index (χ4n) is 7.00. The lowest BCUT2D eigenvalue weighted by Gasteiger charge is -2.13. The van der Waals surface area contributed by atoms with Crippen LogP contribution in [-0.4, -0.2) is 102 Å². The molecule has 1 atom stereocenters. The first-order valence-corrected chi connectivity index (χ1v) is 25.8. The normalized spacial score (nSPS) is 11.9. The molecule has 23 heteroatoms. The number of methoxy groups -OCH3 is 2. The molecule has 6 heterocycles. The Morgan fingerprint density at radius 2 is 1.68 bits per heavy atom. The Morgan fingerprint density at radius 3 is 2.32 bits per heavy atom. The molecule has 0 saturated heterocycles. The van der Waals surface area contributed by atoms with Crippen molar-refractivity contribution in [3.8, 4) is 52.0 Å². The average Bonchev–Trinajstić information content (AvgIpc) is 4.01. The summed E-state index contributed by atoms with van der Waals surface area (Å²) in [6, 6.07) is 8.93. The molecule has 0 saturated carbocycles. The molecule has 7 rings (SSSR count). The van der Waals surface area contributed by atoms with Crippen LogP contribution in [-0.2, 0) is 38.9 Å². The summed E-state index contributed by atoms with van der Waals surface area (Å²) in [6.45, 7) is 6.55. The van der Waals surface area contributed by atoms with Gasteiger partial charge < -0.3 is 33.4 Å². The van der Waals surface area contributed by atoms with Gasteiger partial charge in [0.15, 0.2) is 23.2 Å². The molecule has 0 fully saturated rings. The molecule has 0 aliphatic rings. The van der Waals surface area contributed by atoms with E-state index < -0.39 is 16.1 Å². The number of aromatic nitrogens is 7. The summed E-state index contributed by atoms with van der Waals surface area (Å²) in [4.78, 5) is 54.0.